The average molecular weight is 370 g/mol. The monoisotopic (exact) mass is 370 g/mol. The number of fused-ring (bicyclic) bond motifs is 1. The number of likely N-dealkylation sites (tertiary alicyclic amines) is 1. The number of amides is 1. The minimum absolute atomic E-state index is 0.0438. The van der Waals surface area contributed by atoms with E-state index >= 15 is 0 Å². The first-order chi connectivity index (χ1) is 13.0. The Balaban J connectivity index is 1.66. The summed E-state index contributed by atoms with van der Waals surface area (Å²) in [4.78, 5) is 23.8. The van der Waals surface area contributed by atoms with Gasteiger partial charge in [-0.25, -0.2) is 4.98 Å². The number of carbonyl (C=O) groups excluding carboxylic acids is 1. The molecule has 0 bridgehead atoms. The van der Waals surface area contributed by atoms with Gasteiger partial charge >= 0.3 is 0 Å². The number of benzene rings is 1. The first kappa shape index (κ1) is 19.7. The highest BCUT2D eigenvalue weighted by molar-refractivity contribution is 5.95. The summed E-state index contributed by atoms with van der Waals surface area (Å²) in [6, 6.07) is 11.6. The van der Waals surface area contributed by atoms with Gasteiger partial charge in [0.25, 0.3) is 5.91 Å². The van der Waals surface area contributed by atoms with Crippen LogP contribution in [0.5, 0.6) is 0 Å². The lowest BCUT2D eigenvalue weighted by atomic mass is 9.96. The second-order valence-corrected chi connectivity index (χ2v) is 7.87. The molecule has 2 aromatic rings. The van der Waals surface area contributed by atoms with E-state index < -0.39 is 0 Å². The van der Waals surface area contributed by atoms with Gasteiger partial charge in [0, 0.05) is 50.6 Å². The third-order valence-electron chi connectivity index (χ3n) is 5.39. The molecule has 0 radical (unpaired) electrons. The molecule has 1 aromatic heterocycles. The van der Waals surface area contributed by atoms with Crippen LogP contribution < -0.4 is 0 Å². The standard InChI is InChI=1S/C21H30N4O2/c1-23(2)10-11-24(3)12-17-13-25(14-18(17)15-26)21(27)20-9-8-16-6-4-5-7-19(16)22-20/h4-9,17-18,26H,10-15H2,1-3H3/t17-,18-/m1/s1. The molecule has 0 saturated carbocycles. The highest BCUT2D eigenvalue weighted by Gasteiger charge is 2.36. The lowest BCUT2D eigenvalue weighted by molar-refractivity contribution is 0.0774. The van der Waals surface area contributed by atoms with Gasteiger partial charge in [0.15, 0.2) is 0 Å². The van der Waals surface area contributed by atoms with Crippen molar-refractivity contribution >= 4 is 16.8 Å². The number of aliphatic hydroxyl groups is 1. The Kier molecular flexibility index (Phi) is 6.42. The van der Waals surface area contributed by atoms with Crippen LogP contribution in [0.3, 0.4) is 0 Å². The zero-order valence-corrected chi connectivity index (χ0v) is 16.5. The topological polar surface area (TPSA) is 59.9 Å². The summed E-state index contributed by atoms with van der Waals surface area (Å²) in [6.07, 6.45) is 0. The molecular formula is C21H30N4O2. The number of rotatable bonds is 7. The second-order valence-electron chi connectivity index (χ2n) is 7.87. The first-order valence-electron chi connectivity index (χ1n) is 9.57. The number of aromatic nitrogens is 1. The van der Waals surface area contributed by atoms with Crippen LogP contribution in [0, 0.1) is 11.8 Å². The van der Waals surface area contributed by atoms with Gasteiger partial charge in [0.2, 0.25) is 0 Å². The second kappa shape index (κ2) is 8.78. The molecule has 0 aliphatic carbocycles. The number of aliphatic hydroxyl groups excluding tert-OH is 1. The molecule has 1 aromatic carbocycles. The Hall–Kier alpha value is -2.02. The number of likely N-dealkylation sites (N-methyl/N-ethyl adjacent to an activating group) is 2. The Bertz CT molecular complexity index is 780. The van der Waals surface area contributed by atoms with Gasteiger partial charge in [0.05, 0.1) is 5.52 Å². The number of hydrogen-bond acceptors (Lipinski definition) is 5. The van der Waals surface area contributed by atoms with E-state index in [0.717, 1.165) is 30.5 Å². The summed E-state index contributed by atoms with van der Waals surface area (Å²) in [5.74, 6) is 0.362. The lowest BCUT2D eigenvalue weighted by Gasteiger charge is -2.25. The predicted molar refractivity (Wildman–Crippen MR) is 108 cm³/mol. The van der Waals surface area contributed by atoms with Crippen LogP contribution in [0.25, 0.3) is 10.9 Å². The summed E-state index contributed by atoms with van der Waals surface area (Å²) >= 11 is 0. The van der Waals surface area contributed by atoms with E-state index in [1.807, 2.05) is 35.2 Å². The predicted octanol–water partition coefficient (Wildman–Crippen LogP) is 1.41. The van der Waals surface area contributed by atoms with E-state index in [2.05, 4.69) is 35.9 Å². The average Bonchev–Trinajstić information content (AvgIpc) is 3.08. The van der Waals surface area contributed by atoms with Crippen LogP contribution >= 0.6 is 0 Å². The molecule has 1 amide bonds. The van der Waals surface area contributed by atoms with Crippen LogP contribution in [0.2, 0.25) is 0 Å². The van der Waals surface area contributed by atoms with Gasteiger partial charge in [-0.05, 0) is 39.2 Å². The van der Waals surface area contributed by atoms with E-state index in [0.29, 0.717) is 18.8 Å². The van der Waals surface area contributed by atoms with Gasteiger partial charge < -0.3 is 19.8 Å². The summed E-state index contributed by atoms with van der Waals surface area (Å²) in [7, 11) is 6.24. The molecule has 0 unspecified atom stereocenters. The van der Waals surface area contributed by atoms with E-state index in [4.69, 9.17) is 0 Å². The van der Waals surface area contributed by atoms with Crippen molar-refractivity contribution in [1.82, 2.24) is 19.7 Å². The quantitative estimate of drug-likeness (QED) is 0.799. The van der Waals surface area contributed by atoms with Crippen molar-refractivity contribution in [2.45, 2.75) is 0 Å². The van der Waals surface area contributed by atoms with Crippen molar-refractivity contribution in [3.05, 3.63) is 42.1 Å². The first-order valence-corrected chi connectivity index (χ1v) is 9.57. The summed E-state index contributed by atoms with van der Waals surface area (Å²) < 4.78 is 0. The number of para-hydroxylation sites is 1. The van der Waals surface area contributed by atoms with E-state index in [-0.39, 0.29) is 24.3 Å². The number of pyridine rings is 1. The van der Waals surface area contributed by atoms with Crippen molar-refractivity contribution in [1.29, 1.82) is 0 Å². The molecule has 6 heteroatoms. The molecule has 6 nitrogen and oxygen atoms in total. The van der Waals surface area contributed by atoms with E-state index in [9.17, 15) is 9.90 Å². The van der Waals surface area contributed by atoms with Gasteiger partial charge in [0.1, 0.15) is 5.69 Å². The van der Waals surface area contributed by atoms with E-state index in [1.165, 1.54) is 0 Å². The molecule has 3 rings (SSSR count). The minimum Gasteiger partial charge on any atom is -0.396 e. The zero-order chi connectivity index (χ0) is 19.4. The van der Waals surface area contributed by atoms with Gasteiger partial charge in [-0.2, -0.15) is 0 Å². The molecule has 1 aliphatic rings. The van der Waals surface area contributed by atoms with Crippen LogP contribution in [0.1, 0.15) is 10.5 Å². The number of carbonyl (C=O) groups is 1. The lowest BCUT2D eigenvalue weighted by Crippen LogP contribution is -2.35. The maximum absolute atomic E-state index is 13.0. The van der Waals surface area contributed by atoms with Gasteiger partial charge in [-0.3, -0.25) is 4.79 Å². The highest BCUT2D eigenvalue weighted by Crippen LogP contribution is 2.25. The van der Waals surface area contributed by atoms with Crippen molar-refractivity contribution < 1.29 is 9.90 Å². The molecule has 2 heterocycles. The molecule has 0 spiro atoms. The highest BCUT2D eigenvalue weighted by atomic mass is 16.3. The Morgan fingerprint density at radius 3 is 2.59 bits per heavy atom. The third-order valence-corrected chi connectivity index (χ3v) is 5.39. The number of hydrogen-bond donors (Lipinski definition) is 1. The summed E-state index contributed by atoms with van der Waals surface area (Å²) in [5, 5.41) is 10.8. The van der Waals surface area contributed by atoms with Crippen LogP contribution in [0.4, 0.5) is 0 Å². The molecule has 146 valence electrons. The normalized spacial score (nSPS) is 20.1. The molecule has 2 atom stereocenters. The van der Waals surface area contributed by atoms with Crippen molar-refractivity contribution in [2.75, 3.05) is 60.5 Å². The maximum Gasteiger partial charge on any atom is 0.272 e. The van der Waals surface area contributed by atoms with Crippen LogP contribution in [0.15, 0.2) is 36.4 Å². The summed E-state index contributed by atoms with van der Waals surface area (Å²) in [5.41, 5.74) is 1.31. The third kappa shape index (κ3) is 4.83. The summed E-state index contributed by atoms with van der Waals surface area (Å²) in [6.45, 7) is 4.23. The molecule has 1 saturated heterocycles. The number of nitrogens with zero attached hydrogens (tertiary/aromatic N) is 4. The SMILES string of the molecule is CN(C)CCN(C)C[C@@H]1CN(C(=O)c2ccc3ccccc3n2)C[C@@H]1CO. The van der Waals surface area contributed by atoms with Crippen molar-refractivity contribution in [3.8, 4) is 0 Å². The Morgan fingerprint density at radius 2 is 1.85 bits per heavy atom. The van der Waals surface area contributed by atoms with Gasteiger partial charge in [-0.1, -0.05) is 24.3 Å². The maximum atomic E-state index is 13.0. The van der Waals surface area contributed by atoms with E-state index in [1.54, 1.807) is 6.07 Å². The fraction of sp³-hybridized carbons (Fsp3) is 0.524. The van der Waals surface area contributed by atoms with Gasteiger partial charge in [-0.15, -0.1) is 0 Å². The molecule has 27 heavy (non-hydrogen) atoms. The van der Waals surface area contributed by atoms with Crippen molar-refractivity contribution in [3.63, 3.8) is 0 Å². The van der Waals surface area contributed by atoms with Crippen LogP contribution in [-0.2, 0) is 0 Å². The Morgan fingerprint density at radius 1 is 1.11 bits per heavy atom. The van der Waals surface area contributed by atoms with Crippen molar-refractivity contribution in [2.24, 2.45) is 11.8 Å². The Labute approximate surface area is 161 Å². The molecule has 1 fully saturated rings. The zero-order valence-electron chi connectivity index (χ0n) is 16.5. The molecule has 1 aliphatic heterocycles. The fourth-order valence-electron chi connectivity index (χ4n) is 3.73. The fourth-order valence-corrected chi connectivity index (χ4v) is 3.73. The smallest absolute Gasteiger partial charge is 0.272 e. The molecular weight excluding hydrogens is 340 g/mol. The molecule has 1 N–H and O–H groups in total. The van der Waals surface area contributed by atoms with Crippen LogP contribution in [-0.4, -0.2) is 91.2 Å². The largest absolute Gasteiger partial charge is 0.396 e. The minimum atomic E-state index is -0.0438.